The number of rotatable bonds is 10. The summed E-state index contributed by atoms with van der Waals surface area (Å²) in [5.74, 6) is 0.851. The molecule has 0 aliphatic carbocycles. The highest BCUT2D eigenvalue weighted by atomic mass is 16.2. The van der Waals surface area contributed by atoms with Gasteiger partial charge in [-0.1, -0.05) is 43.7 Å². The van der Waals surface area contributed by atoms with E-state index in [1.807, 2.05) is 30.3 Å². The number of likely N-dealkylation sites (tertiary alicyclic amines) is 1. The van der Waals surface area contributed by atoms with E-state index in [1.165, 1.54) is 31.5 Å². The molecule has 0 bridgehead atoms. The van der Waals surface area contributed by atoms with Crippen molar-refractivity contribution in [2.45, 2.75) is 52.0 Å². The Morgan fingerprint density at radius 1 is 0.935 bits per heavy atom. The van der Waals surface area contributed by atoms with Gasteiger partial charge in [-0.3, -0.25) is 14.5 Å². The molecule has 1 heterocycles. The van der Waals surface area contributed by atoms with Gasteiger partial charge in [0.05, 0.1) is 0 Å². The molecule has 5 nitrogen and oxygen atoms in total. The summed E-state index contributed by atoms with van der Waals surface area (Å²) in [7, 11) is 0. The molecule has 2 aromatic carbocycles. The summed E-state index contributed by atoms with van der Waals surface area (Å²) >= 11 is 0. The van der Waals surface area contributed by atoms with Gasteiger partial charge in [-0.05, 0) is 74.5 Å². The van der Waals surface area contributed by atoms with Crippen LogP contribution in [-0.4, -0.2) is 36.3 Å². The Kier molecular flexibility index (Phi) is 9.10. The normalized spacial score (nSPS) is 14.9. The fourth-order valence-electron chi connectivity index (χ4n) is 3.88. The number of piperidine rings is 1. The van der Waals surface area contributed by atoms with Crippen molar-refractivity contribution in [3.8, 4) is 0 Å². The van der Waals surface area contributed by atoms with Crippen LogP contribution < -0.4 is 10.6 Å². The first-order chi connectivity index (χ1) is 15.1. The molecule has 5 heteroatoms. The van der Waals surface area contributed by atoms with E-state index in [9.17, 15) is 9.59 Å². The van der Waals surface area contributed by atoms with Crippen LogP contribution in [0.3, 0.4) is 0 Å². The Morgan fingerprint density at radius 3 is 2.35 bits per heavy atom. The number of amides is 2. The number of benzene rings is 2. The number of carbonyl (C=O) groups is 2. The maximum absolute atomic E-state index is 12.2. The third-order valence-corrected chi connectivity index (χ3v) is 5.92. The summed E-state index contributed by atoms with van der Waals surface area (Å²) in [5.41, 5.74) is 2.83. The second kappa shape index (κ2) is 12.3. The third kappa shape index (κ3) is 8.18. The first-order valence-electron chi connectivity index (χ1n) is 11.5. The van der Waals surface area contributed by atoms with Crippen LogP contribution in [0.1, 0.15) is 61.4 Å². The van der Waals surface area contributed by atoms with Crippen LogP contribution in [0.4, 0.5) is 5.69 Å². The fraction of sp³-hybridized carbons (Fsp3) is 0.462. The van der Waals surface area contributed by atoms with Crippen LogP contribution in [0.25, 0.3) is 0 Å². The van der Waals surface area contributed by atoms with Gasteiger partial charge in [-0.2, -0.15) is 0 Å². The second-order valence-electron chi connectivity index (χ2n) is 8.64. The monoisotopic (exact) mass is 421 g/mol. The molecule has 2 amide bonds. The highest BCUT2D eigenvalue weighted by molar-refractivity contribution is 5.94. The average molecular weight is 422 g/mol. The molecule has 0 unspecified atom stereocenters. The summed E-state index contributed by atoms with van der Waals surface area (Å²) in [6.45, 7) is 6.30. The average Bonchev–Trinajstić information content (AvgIpc) is 2.79. The molecule has 1 fully saturated rings. The number of carbonyl (C=O) groups excluding carboxylic acids is 2. The van der Waals surface area contributed by atoms with Gasteiger partial charge in [-0.15, -0.1) is 0 Å². The Hall–Kier alpha value is -2.66. The number of anilines is 1. The Balaban J connectivity index is 1.27. The molecule has 1 aliphatic heterocycles. The van der Waals surface area contributed by atoms with Crippen molar-refractivity contribution >= 4 is 17.5 Å². The number of nitrogens with zero attached hydrogens (tertiary/aromatic N) is 1. The van der Waals surface area contributed by atoms with Crippen molar-refractivity contribution in [1.29, 1.82) is 0 Å². The van der Waals surface area contributed by atoms with Crippen molar-refractivity contribution in [1.82, 2.24) is 10.2 Å². The predicted molar refractivity (Wildman–Crippen MR) is 126 cm³/mol. The highest BCUT2D eigenvalue weighted by Gasteiger charge is 2.15. The maximum Gasteiger partial charge on any atom is 0.251 e. The molecule has 2 aromatic rings. The molecule has 1 saturated heterocycles. The second-order valence-corrected chi connectivity index (χ2v) is 8.64. The van der Waals surface area contributed by atoms with Gasteiger partial charge in [0.25, 0.3) is 5.91 Å². The van der Waals surface area contributed by atoms with Crippen LogP contribution in [0, 0.1) is 5.92 Å². The highest BCUT2D eigenvalue weighted by Crippen LogP contribution is 2.19. The van der Waals surface area contributed by atoms with Crippen molar-refractivity contribution in [3.05, 3.63) is 65.7 Å². The van der Waals surface area contributed by atoms with E-state index in [0.717, 1.165) is 37.4 Å². The largest absolute Gasteiger partial charge is 0.352 e. The smallest absolute Gasteiger partial charge is 0.251 e. The molecule has 0 atom stereocenters. The van der Waals surface area contributed by atoms with E-state index >= 15 is 0 Å². The van der Waals surface area contributed by atoms with Gasteiger partial charge < -0.3 is 10.6 Å². The molecule has 0 radical (unpaired) electrons. The van der Waals surface area contributed by atoms with Crippen LogP contribution >= 0.6 is 0 Å². The van der Waals surface area contributed by atoms with Crippen molar-refractivity contribution in [2.75, 3.05) is 25.0 Å². The lowest BCUT2D eigenvalue weighted by Gasteiger charge is -2.30. The topological polar surface area (TPSA) is 61.4 Å². The zero-order chi connectivity index (χ0) is 21.9. The zero-order valence-electron chi connectivity index (χ0n) is 18.6. The fourth-order valence-corrected chi connectivity index (χ4v) is 3.88. The molecule has 0 aromatic heterocycles. The van der Waals surface area contributed by atoms with Crippen molar-refractivity contribution in [2.24, 2.45) is 5.92 Å². The van der Waals surface area contributed by atoms with E-state index in [2.05, 4.69) is 34.6 Å². The minimum atomic E-state index is -0.0448. The van der Waals surface area contributed by atoms with E-state index < -0.39 is 0 Å². The molecule has 0 spiro atoms. The van der Waals surface area contributed by atoms with E-state index in [-0.39, 0.29) is 11.8 Å². The molecule has 166 valence electrons. The van der Waals surface area contributed by atoms with Gasteiger partial charge in [0.1, 0.15) is 0 Å². The van der Waals surface area contributed by atoms with Crippen LogP contribution in [0.5, 0.6) is 0 Å². The minimum absolute atomic E-state index is 0.0448. The van der Waals surface area contributed by atoms with E-state index in [4.69, 9.17) is 0 Å². The zero-order valence-corrected chi connectivity index (χ0v) is 18.6. The maximum atomic E-state index is 12.2. The van der Waals surface area contributed by atoms with E-state index in [0.29, 0.717) is 18.5 Å². The lowest BCUT2D eigenvalue weighted by Crippen LogP contribution is -2.32. The van der Waals surface area contributed by atoms with Crippen LogP contribution in [0.2, 0.25) is 0 Å². The first-order valence-corrected chi connectivity index (χ1v) is 11.5. The quantitative estimate of drug-likeness (QED) is 0.539. The van der Waals surface area contributed by atoms with Crippen LogP contribution in [0.15, 0.2) is 54.6 Å². The molecule has 31 heavy (non-hydrogen) atoms. The lowest BCUT2D eigenvalue weighted by atomic mass is 9.99. The molecular weight excluding hydrogens is 386 g/mol. The first kappa shape index (κ1) is 23.0. The Morgan fingerprint density at radius 2 is 1.65 bits per heavy atom. The summed E-state index contributed by atoms with van der Waals surface area (Å²) in [5, 5.41) is 5.91. The number of nitrogens with one attached hydrogen (secondary N) is 2. The standard InChI is InChI=1S/C26H35N3O2/c1-21-15-18-29(19-16-21)20-22-11-13-24(14-12-22)28-25(30)10-6-3-7-17-27-26(31)23-8-4-2-5-9-23/h2,4-5,8-9,11-14,21H,3,6-7,10,15-20H2,1H3,(H,27,31)(H,28,30). The molecule has 3 rings (SSSR count). The predicted octanol–water partition coefficient (Wildman–Crippen LogP) is 4.85. The van der Waals surface area contributed by atoms with Gasteiger partial charge in [0, 0.05) is 30.8 Å². The number of hydrogen-bond acceptors (Lipinski definition) is 3. The van der Waals surface area contributed by atoms with Crippen molar-refractivity contribution < 1.29 is 9.59 Å². The number of hydrogen-bond donors (Lipinski definition) is 2. The van der Waals surface area contributed by atoms with Gasteiger partial charge >= 0.3 is 0 Å². The summed E-state index contributed by atoms with van der Waals surface area (Å²) in [4.78, 5) is 26.7. The Labute approximate surface area is 186 Å². The van der Waals surface area contributed by atoms with E-state index in [1.54, 1.807) is 12.1 Å². The SMILES string of the molecule is CC1CCN(Cc2ccc(NC(=O)CCCCCNC(=O)c3ccccc3)cc2)CC1. The lowest BCUT2D eigenvalue weighted by molar-refractivity contribution is -0.116. The van der Waals surface area contributed by atoms with Gasteiger partial charge in [0.2, 0.25) is 5.91 Å². The van der Waals surface area contributed by atoms with Gasteiger partial charge in [-0.25, -0.2) is 0 Å². The third-order valence-electron chi connectivity index (χ3n) is 5.92. The summed E-state index contributed by atoms with van der Waals surface area (Å²) in [6, 6.07) is 17.4. The Bertz CT molecular complexity index is 812. The summed E-state index contributed by atoms with van der Waals surface area (Å²) in [6.07, 6.45) is 5.67. The molecule has 2 N–H and O–H groups in total. The summed E-state index contributed by atoms with van der Waals surface area (Å²) < 4.78 is 0. The minimum Gasteiger partial charge on any atom is -0.352 e. The molecule has 1 aliphatic rings. The number of unbranched alkanes of at least 4 members (excludes halogenated alkanes) is 2. The van der Waals surface area contributed by atoms with Gasteiger partial charge in [0.15, 0.2) is 0 Å². The van der Waals surface area contributed by atoms with Crippen LogP contribution in [-0.2, 0) is 11.3 Å². The molecule has 0 saturated carbocycles. The van der Waals surface area contributed by atoms with Crippen molar-refractivity contribution in [3.63, 3.8) is 0 Å². The molecular formula is C26H35N3O2.